The van der Waals surface area contributed by atoms with Gasteiger partial charge in [0.25, 0.3) is 5.56 Å². The molecule has 1 heterocycles. The van der Waals surface area contributed by atoms with Gasteiger partial charge in [-0.25, -0.2) is 4.39 Å². The van der Waals surface area contributed by atoms with Crippen molar-refractivity contribution in [3.63, 3.8) is 0 Å². The Labute approximate surface area is 80.7 Å². The number of hydrogen-bond donors (Lipinski definition) is 1. The van der Waals surface area contributed by atoms with Crippen molar-refractivity contribution in [1.29, 1.82) is 0 Å². The molecule has 1 N–H and O–H groups in total. The molecule has 0 saturated heterocycles. The fraction of sp³-hybridized carbons (Fsp3) is 0.143. The monoisotopic (exact) mass is 249 g/mol. The highest BCUT2D eigenvalue weighted by Crippen LogP contribution is 2.07. The van der Waals surface area contributed by atoms with Gasteiger partial charge in [-0.05, 0) is 22.0 Å². The van der Waals surface area contributed by atoms with Gasteiger partial charge in [-0.15, -0.1) is 0 Å². The zero-order valence-corrected chi connectivity index (χ0v) is 7.91. The fourth-order valence-electron chi connectivity index (χ4n) is 0.828. The summed E-state index contributed by atoms with van der Waals surface area (Å²) in [4.78, 5) is 21.2. The summed E-state index contributed by atoms with van der Waals surface area (Å²) in [6.07, 6.45) is 1.22. The van der Waals surface area contributed by atoms with E-state index in [1.807, 2.05) is 0 Å². The highest BCUT2D eigenvalue weighted by Gasteiger charge is 2.07. The largest absolute Gasteiger partial charge is 0.480 e. The minimum atomic E-state index is -1.19. The van der Waals surface area contributed by atoms with Crippen LogP contribution >= 0.6 is 15.9 Å². The van der Waals surface area contributed by atoms with E-state index in [4.69, 9.17) is 5.11 Å². The first kappa shape index (κ1) is 9.91. The van der Waals surface area contributed by atoms with Crippen molar-refractivity contribution in [2.75, 3.05) is 0 Å². The Morgan fingerprint density at radius 1 is 1.69 bits per heavy atom. The third-order valence-electron chi connectivity index (χ3n) is 1.31. The third-order valence-corrected chi connectivity index (χ3v) is 1.75. The Balaban J connectivity index is 3.21. The van der Waals surface area contributed by atoms with Gasteiger partial charge in [0.2, 0.25) is 0 Å². The smallest absolute Gasteiger partial charge is 0.323 e. The third kappa shape index (κ3) is 2.38. The van der Waals surface area contributed by atoms with E-state index in [2.05, 4.69) is 15.9 Å². The molecule has 0 fully saturated rings. The summed E-state index contributed by atoms with van der Waals surface area (Å²) < 4.78 is 13.8. The molecule has 0 aliphatic rings. The number of hydrogen-bond acceptors (Lipinski definition) is 2. The summed E-state index contributed by atoms with van der Waals surface area (Å²) in [6.45, 7) is -0.546. The molecule has 4 nitrogen and oxygen atoms in total. The summed E-state index contributed by atoms with van der Waals surface area (Å²) in [6, 6.07) is 0.987. The van der Waals surface area contributed by atoms with Gasteiger partial charge in [0.15, 0.2) is 5.82 Å². The Hall–Kier alpha value is -1.17. The van der Waals surface area contributed by atoms with Crippen LogP contribution in [-0.2, 0) is 11.3 Å². The number of rotatable bonds is 2. The number of pyridine rings is 1. The van der Waals surface area contributed by atoms with Crippen LogP contribution in [0, 0.1) is 5.82 Å². The summed E-state index contributed by atoms with van der Waals surface area (Å²) >= 11 is 2.94. The second-order valence-electron chi connectivity index (χ2n) is 2.33. The van der Waals surface area contributed by atoms with Crippen molar-refractivity contribution in [2.24, 2.45) is 0 Å². The minimum absolute atomic E-state index is 0.325. The second-order valence-corrected chi connectivity index (χ2v) is 3.25. The average Bonchev–Trinajstić information content (AvgIpc) is 1.98. The molecule has 0 radical (unpaired) electrons. The first-order valence-corrected chi connectivity index (χ1v) is 4.07. The van der Waals surface area contributed by atoms with Crippen LogP contribution in [0.5, 0.6) is 0 Å². The zero-order valence-electron chi connectivity index (χ0n) is 6.33. The van der Waals surface area contributed by atoms with E-state index in [9.17, 15) is 14.0 Å². The lowest BCUT2D eigenvalue weighted by molar-refractivity contribution is -0.137. The highest BCUT2D eigenvalue weighted by molar-refractivity contribution is 9.10. The molecular weight excluding hydrogens is 245 g/mol. The van der Waals surface area contributed by atoms with Crippen molar-refractivity contribution in [1.82, 2.24) is 4.57 Å². The zero-order chi connectivity index (χ0) is 10.0. The van der Waals surface area contributed by atoms with Gasteiger partial charge in [-0.1, -0.05) is 0 Å². The SMILES string of the molecule is O=C(O)Cn1cc(Br)cc(F)c1=O. The molecule has 0 bridgehead atoms. The van der Waals surface area contributed by atoms with E-state index in [1.165, 1.54) is 6.20 Å². The molecule has 1 rings (SSSR count). The topological polar surface area (TPSA) is 59.3 Å². The quantitative estimate of drug-likeness (QED) is 0.845. The summed E-state index contributed by atoms with van der Waals surface area (Å²) in [5.74, 6) is -2.17. The van der Waals surface area contributed by atoms with Crippen LogP contribution in [0.1, 0.15) is 0 Å². The van der Waals surface area contributed by atoms with Crippen molar-refractivity contribution in [2.45, 2.75) is 6.54 Å². The lowest BCUT2D eigenvalue weighted by Crippen LogP contribution is -2.25. The number of aromatic nitrogens is 1. The lowest BCUT2D eigenvalue weighted by Gasteiger charge is -2.01. The van der Waals surface area contributed by atoms with E-state index in [0.29, 0.717) is 4.47 Å². The molecule has 0 spiro atoms. The standard InChI is InChI=1S/C7H5BrFNO3/c8-4-1-5(9)7(13)10(2-4)3-6(11)12/h1-2H,3H2,(H,11,12). The summed E-state index contributed by atoms with van der Waals surface area (Å²) in [5.41, 5.74) is -0.939. The molecule has 0 aliphatic carbocycles. The maximum Gasteiger partial charge on any atom is 0.323 e. The molecule has 0 atom stereocenters. The predicted molar refractivity (Wildman–Crippen MR) is 46.0 cm³/mol. The minimum Gasteiger partial charge on any atom is -0.480 e. The molecule has 13 heavy (non-hydrogen) atoms. The number of aliphatic carboxylic acids is 1. The number of carboxylic acids is 1. The van der Waals surface area contributed by atoms with Crippen molar-refractivity contribution < 1.29 is 14.3 Å². The molecule has 1 aromatic heterocycles. The highest BCUT2D eigenvalue weighted by atomic mass is 79.9. The van der Waals surface area contributed by atoms with Crippen LogP contribution in [0.2, 0.25) is 0 Å². The average molecular weight is 250 g/mol. The normalized spacial score (nSPS) is 10.0. The number of carboxylic acid groups (broad SMARTS) is 1. The maximum absolute atomic E-state index is 12.7. The van der Waals surface area contributed by atoms with Gasteiger partial charge in [0.1, 0.15) is 6.54 Å². The van der Waals surface area contributed by atoms with Crippen molar-refractivity contribution >= 4 is 21.9 Å². The van der Waals surface area contributed by atoms with Gasteiger partial charge in [0, 0.05) is 10.7 Å². The van der Waals surface area contributed by atoms with Crippen LogP contribution in [0.15, 0.2) is 21.5 Å². The van der Waals surface area contributed by atoms with E-state index in [0.717, 1.165) is 10.6 Å². The van der Waals surface area contributed by atoms with Gasteiger partial charge in [-0.2, -0.15) is 0 Å². The number of halogens is 2. The predicted octanol–water partition coefficient (Wildman–Crippen LogP) is 0.835. The van der Waals surface area contributed by atoms with Crippen LogP contribution in [-0.4, -0.2) is 15.6 Å². The molecule has 70 valence electrons. The van der Waals surface area contributed by atoms with Crippen molar-refractivity contribution in [3.05, 3.63) is 32.9 Å². The van der Waals surface area contributed by atoms with E-state index < -0.39 is 23.9 Å². The van der Waals surface area contributed by atoms with Gasteiger partial charge >= 0.3 is 5.97 Å². The van der Waals surface area contributed by atoms with Gasteiger partial charge < -0.3 is 9.67 Å². The summed E-state index contributed by atoms with van der Waals surface area (Å²) in [5, 5.41) is 8.38. The molecule has 0 amide bonds. The molecule has 0 saturated carbocycles. The van der Waals surface area contributed by atoms with Crippen LogP contribution in [0.25, 0.3) is 0 Å². The first-order valence-electron chi connectivity index (χ1n) is 3.28. The van der Waals surface area contributed by atoms with Gasteiger partial charge in [0.05, 0.1) is 0 Å². The molecule has 1 aromatic rings. The van der Waals surface area contributed by atoms with Crippen LogP contribution in [0.4, 0.5) is 4.39 Å². The van der Waals surface area contributed by atoms with E-state index in [-0.39, 0.29) is 0 Å². The van der Waals surface area contributed by atoms with Crippen LogP contribution in [0.3, 0.4) is 0 Å². The Morgan fingerprint density at radius 3 is 2.85 bits per heavy atom. The molecule has 0 aromatic carbocycles. The second kappa shape index (κ2) is 3.69. The van der Waals surface area contributed by atoms with E-state index >= 15 is 0 Å². The Morgan fingerprint density at radius 2 is 2.31 bits per heavy atom. The fourth-order valence-corrected chi connectivity index (χ4v) is 1.28. The maximum atomic E-state index is 12.7. The van der Waals surface area contributed by atoms with Gasteiger partial charge in [-0.3, -0.25) is 9.59 Å². The van der Waals surface area contributed by atoms with Crippen LogP contribution < -0.4 is 5.56 Å². The van der Waals surface area contributed by atoms with E-state index in [1.54, 1.807) is 0 Å². The molecule has 0 aliphatic heterocycles. The number of carbonyl (C=O) groups is 1. The summed E-state index contributed by atoms with van der Waals surface area (Å²) in [7, 11) is 0. The Bertz CT molecular complexity index is 401. The molecular formula is C7H5BrFNO3. The lowest BCUT2D eigenvalue weighted by atomic mass is 10.4. The Kier molecular flexibility index (Phi) is 2.82. The molecule has 0 unspecified atom stereocenters. The first-order chi connectivity index (χ1) is 6.00. The van der Waals surface area contributed by atoms with Crippen molar-refractivity contribution in [3.8, 4) is 0 Å². The molecule has 6 heteroatoms. The number of nitrogens with zero attached hydrogens (tertiary/aromatic N) is 1.